The standard InChI is InChI=1S/C33H60O/c1-5-9-13-14-15-16-17-18-19-20-21-23-30(22-10-6-2)33(28-11-7-3,29-12-8-4)31-24-26-32(34)27-25-31/h24-27,30,34H,5-23,28-29H2,1-4H3. The summed E-state index contributed by atoms with van der Waals surface area (Å²) in [5, 5.41) is 9.97. The highest BCUT2D eigenvalue weighted by Crippen LogP contribution is 2.46. The molecule has 198 valence electrons. The van der Waals surface area contributed by atoms with Crippen LogP contribution in [0.4, 0.5) is 0 Å². The number of phenols is 1. The lowest BCUT2D eigenvalue weighted by molar-refractivity contribution is 0.187. The van der Waals surface area contributed by atoms with Crippen molar-refractivity contribution >= 4 is 0 Å². The summed E-state index contributed by atoms with van der Waals surface area (Å²) in [4.78, 5) is 0. The van der Waals surface area contributed by atoms with Gasteiger partial charge in [-0.2, -0.15) is 0 Å². The fraction of sp³-hybridized carbons (Fsp3) is 0.818. The maximum atomic E-state index is 9.97. The third-order valence-electron chi connectivity index (χ3n) is 8.24. The second kappa shape index (κ2) is 20.2. The highest BCUT2D eigenvalue weighted by Gasteiger charge is 2.38. The minimum absolute atomic E-state index is 0.285. The molecular formula is C33H60O. The van der Waals surface area contributed by atoms with Gasteiger partial charge in [0.25, 0.3) is 0 Å². The summed E-state index contributed by atoms with van der Waals surface area (Å²) in [6.07, 6.45) is 28.8. The second-order valence-corrected chi connectivity index (χ2v) is 11.1. The van der Waals surface area contributed by atoms with Crippen molar-refractivity contribution in [1.82, 2.24) is 0 Å². The predicted octanol–water partition coefficient (Wildman–Crippen LogP) is 11.5. The molecule has 0 aliphatic carbocycles. The molecule has 0 spiro atoms. The van der Waals surface area contributed by atoms with Gasteiger partial charge in [-0.25, -0.2) is 0 Å². The van der Waals surface area contributed by atoms with Crippen LogP contribution in [0, 0.1) is 5.92 Å². The number of aromatic hydroxyl groups is 1. The van der Waals surface area contributed by atoms with Crippen LogP contribution in [0.1, 0.15) is 168 Å². The van der Waals surface area contributed by atoms with E-state index in [2.05, 4.69) is 39.8 Å². The Kier molecular flexibility index (Phi) is 18.5. The first-order valence-electron chi connectivity index (χ1n) is 15.4. The van der Waals surface area contributed by atoms with Crippen molar-refractivity contribution in [3.8, 4) is 5.75 Å². The molecule has 1 rings (SSSR count). The van der Waals surface area contributed by atoms with Gasteiger partial charge in [-0.3, -0.25) is 0 Å². The Balaban J connectivity index is 2.74. The zero-order chi connectivity index (χ0) is 24.9. The van der Waals surface area contributed by atoms with Crippen LogP contribution in [0.5, 0.6) is 5.75 Å². The Morgan fingerprint density at radius 2 is 0.941 bits per heavy atom. The maximum Gasteiger partial charge on any atom is 0.115 e. The first-order chi connectivity index (χ1) is 16.6. The van der Waals surface area contributed by atoms with Crippen molar-refractivity contribution in [2.45, 2.75) is 168 Å². The molecule has 0 amide bonds. The van der Waals surface area contributed by atoms with Gasteiger partial charge in [-0.05, 0) is 54.7 Å². The summed E-state index contributed by atoms with van der Waals surface area (Å²) in [5.74, 6) is 1.17. The molecular weight excluding hydrogens is 412 g/mol. The molecule has 1 atom stereocenters. The van der Waals surface area contributed by atoms with Gasteiger partial charge in [0.2, 0.25) is 0 Å². The fourth-order valence-electron chi connectivity index (χ4n) is 6.04. The van der Waals surface area contributed by atoms with E-state index in [1.54, 1.807) is 0 Å². The van der Waals surface area contributed by atoms with Crippen molar-refractivity contribution in [2.24, 2.45) is 5.92 Å². The third kappa shape index (κ3) is 12.1. The second-order valence-electron chi connectivity index (χ2n) is 11.1. The maximum absolute atomic E-state index is 9.97. The zero-order valence-electron chi connectivity index (χ0n) is 23.7. The van der Waals surface area contributed by atoms with Crippen LogP contribution in [0.3, 0.4) is 0 Å². The number of unbranched alkanes of at least 4 members (excludes halogenated alkanes) is 13. The van der Waals surface area contributed by atoms with Gasteiger partial charge in [0.15, 0.2) is 0 Å². The molecule has 1 unspecified atom stereocenters. The lowest BCUT2D eigenvalue weighted by atomic mass is 9.61. The first-order valence-corrected chi connectivity index (χ1v) is 15.4. The van der Waals surface area contributed by atoms with E-state index in [-0.39, 0.29) is 5.41 Å². The fourth-order valence-corrected chi connectivity index (χ4v) is 6.04. The van der Waals surface area contributed by atoms with E-state index in [9.17, 15) is 5.11 Å². The van der Waals surface area contributed by atoms with E-state index in [1.165, 1.54) is 140 Å². The molecule has 1 nitrogen and oxygen atoms in total. The van der Waals surface area contributed by atoms with Gasteiger partial charge in [0.05, 0.1) is 0 Å². The van der Waals surface area contributed by atoms with Crippen LogP contribution in [-0.2, 0) is 5.41 Å². The number of phenolic OH excluding ortho intramolecular Hbond substituents is 1. The van der Waals surface area contributed by atoms with Gasteiger partial charge < -0.3 is 5.11 Å². The summed E-state index contributed by atoms with van der Waals surface area (Å²) < 4.78 is 0. The van der Waals surface area contributed by atoms with Crippen molar-refractivity contribution in [3.63, 3.8) is 0 Å². The summed E-state index contributed by atoms with van der Waals surface area (Å²) in [6, 6.07) is 8.36. The Morgan fingerprint density at radius 3 is 1.41 bits per heavy atom. The van der Waals surface area contributed by atoms with Gasteiger partial charge in [-0.15, -0.1) is 0 Å². The first kappa shape index (κ1) is 31.1. The van der Waals surface area contributed by atoms with Gasteiger partial charge in [-0.1, -0.05) is 149 Å². The number of hydrogen-bond donors (Lipinski definition) is 1. The predicted molar refractivity (Wildman–Crippen MR) is 153 cm³/mol. The molecule has 1 aromatic rings. The lowest BCUT2D eigenvalue weighted by Crippen LogP contribution is -2.36. The molecule has 34 heavy (non-hydrogen) atoms. The minimum Gasteiger partial charge on any atom is -0.508 e. The molecule has 0 aliphatic rings. The van der Waals surface area contributed by atoms with E-state index in [0.717, 1.165) is 5.92 Å². The van der Waals surface area contributed by atoms with Crippen LogP contribution in [0.25, 0.3) is 0 Å². The van der Waals surface area contributed by atoms with Crippen molar-refractivity contribution in [2.75, 3.05) is 0 Å². The highest BCUT2D eigenvalue weighted by molar-refractivity contribution is 5.32. The molecule has 1 N–H and O–H groups in total. The summed E-state index contributed by atoms with van der Waals surface area (Å²) in [6.45, 7) is 9.33. The molecule has 0 aromatic heterocycles. The van der Waals surface area contributed by atoms with E-state index in [1.807, 2.05) is 12.1 Å². The lowest BCUT2D eigenvalue weighted by Gasteiger charge is -2.43. The summed E-state index contributed by atoms with van der Waals surface area (Å²) in [7, 11) is 0. The molecule has 0 saturated heterocycles. The molecule has 0 heterocycles. The smallest absolute Gasteiger partial charge is 0.115 e. The Morgan fingerprint density at radius 1 is 0.529 bits per heavy atom. The quantitative estimate of drug-likeness (QED) is 0.157. The van der Waals surface area contributed by atoms with Crippen LogP contribution < -0.4 is 0 Å². The van der Waals surface area contributed by atoms with Crippen molar-refractivity contribution < 1.29 is 5.11 Å². The van der Waals surface area contributed by atoms with Gasteiger partial charge in [0.1, 0.15) is 5.75 Å². The molecule has 1 heteroatoms. The summed E-state index contributed by atoms with van der Waals surface area (Å²) in [5.41, 5.74) is 1.78. The molecule has 0 saturated carbocycles. The number of benzene rings is 1. The largest absolute Gasteiger partial charge is 0.508 e. The average Bonchev–Trinajstić information content (AvgIpc) is 2.85. The van der Waals surface area contributed by atoms with Crippen LogP contribution >= 0.6 is 0 Å². The molecule has 0 radical (unpaired) electrons. The van der Waals surface area contributed by atoms with Crippen molar-refractivity contribution in [1.29, 1.82) is 0 Å². The van der Waals surface area contributed by atoms with Crippen LogP contribution in [0.2, 0.25) is 0 Å². The monoisotopic (exact) mass is 472 g/mol. The van der Waals surface area contributed by atoms with Gasteiger partial charge >= 0.3 is 0 Å². The van der Waals surface area contributed by atoms with Crippen LogP contribution in [-0.4, -0.2) is 5.11 Å². The Labute approximate surface area is 214 Å². The van der Waals surface area contributed by atoms with Crippen LogP contribution in [0.15, 0.2) is 24.3 Å². The number of rotatable bonds is 23. The summed E-state index contributed by atoms with van der Waals surface area (Å²) >= 11 is 0. The number of hydrogen-bond acceptors (Lipinski definition) is 1. The van der Waals surface area contributed by atoms with E-state index < -0.39 is 0 Å². The topological polar surface area (TPSA) is 20.2 Å². The van der Waals surface area contributed by atoms with E-state index in [0.29, 0.717) is 5.75 Å². The molecule has 0 bridgehead atoms. The van der Waals surface area contributed by atoms with Crippen molar-refractivity contribution in [3.05, 3.63) is 29.8 Å². The van der Waals surface area contributed by atoms with E-state index >= 15 is 0 Å². The van der Waals surface area contributed by atoms with Gasteiger partial charge in [0, 0.05) is 0 Å². The molecule has 0 fully saturated rings. The third-order valence-corrected chi connectivity index (χ3v) is 8.24. The Bertz CT molecular complexity index is 552. The zero-order valence-corrected chi connectivity index (χ0v) is 23.7. The SMILES string of the molecule is CCCCCCCCCCCCCC(CCCC)C(CCCC)(CCCC)c1ccc(O)cc1. The minimum atomic E-state index is 0.285. The normalized spacial score (nSPS) is 12.8. The highest BCUT2D eigenvalue weighted by atomic mass is 16.3. The molecule has 0 aliphatic heterocycles. The Hall–Kier alpha value is -0.980. The van der Waals surface area contributed by atoms with E-state index in [4.69, 9.17) is 0 Å². The molecule has 1 aromatic carbocycles. The average molecular weight is 473 g/mol.